The van der Waals surface area contributed by atoms with Crippen molar-refractivity contribution in [2.75, 3.05) is 0 Å². The Labute approximate surface area is 297 Å². The molecular formula is C47H35FO3. The van der Waals surface area contributed by atoms with Crippen molar-refractivity contribution >= 4 is 16.8 Å². The fraction of sp³-hybridized carbons (Fsp3) is 0.106. The Hall–Kier alpha value is -6.13. The standard InChI is InChI=1S/C47H35FO3/c1-30-14-24-39-42(28-30)46(2,3)44-40-26-27-47(51-45(40)41-29-33(48)19-25-38(41)43(39)44,31-15-20-36(21-16-31)49-34-10-6-4-7-11-34)32-17-22-37(23-18-32)50-35-12-8-5-9-13-35/h4-29H,1-3H3. The normalized spacial score (nSPS) is 14.7. The Bertz CT molecular complexity index is 2380. The van der Waals surface area contributed by atoms with Crippen LogP contribution in [-0.2, 0) is 11.0 Å². The first-order valence-electron chi connectivity index (χ1n) is 17.3. The third kappa shape index (κ3) is 5.09. The molecule has 248 valence electrons. The molecule has 7 aromatic carbocycles. The van der Waals surface area contributed by atoms with Crippen molar-refractivity contribution in [3.05, 3.63) is 191 Å². The minimum Gasteiger partial charge on any atom is -0.472 e. The van der Waals surface area contributed by atoms with Crippen molar-refractivity contribution in [1.82, 2.24) is 0 Å². The predicted molar refractivity (Wildman–Crippen MR) is 203 cm³/mol. The second-order valence-corrected chi connectivity index (χ2v) is 13.9. The lowest BCUT2D eigenvalue weighted by atomic mass is 9.76. The molecule has 0 saturated heterocycles. The van der Waals surface area contributed by atoms with Crippen LogP contribution in [0.15, 0.2) is 152 Å². The molecule has 7 aromatic rings. The molecule has 1 heterocycles. The van der Waals surface area contributed by atoms with Crippen molar-refractivity contribution in [1.29, 1.82) is 0 Å². The fourth-order valence-corrected chi connectivity index (χ4v) is 7.84. The molecule has 0 aromatic heterocycles. The zero-order valence-corrected chi connectivity index (χ0v) is 28.6. The molecule has 3 nitrogen and oxygen atoms in total. The predicted octanol–water partition coefficient (Wildman–Crippen LogP) is 12.5. The molecule has 0 atom stereocenters. The number of rotatable bonds is 6. The highest BCUT2D eigenvalue weighted by Crippen LogP contribution is 2.58. The number of hydrogen-bond acceptors (Lipinski definition) is 3. The van der Waals surface area contributed by atoms with Crippen LogP contribution >= 0.6 is 0 Å². The Morgan fingerprint density at radius 1 is 0.588 bits per heavy atom. The summed E-state index contributed by atoms with van der Waals surface area (Å²) >= 11 is 0. The second kappa shape index (κ2) is 11.7. The molecule has 4 heteroatoms. The van der Waals surface area contributed by atoms with E-state index in [1.54, 1.807) is 12.1 Å². The number of aryl methyl sites for hydroxylation is 1. The van der Waals surface area contributed by atoms with E-state index in [9.17, 15) is 0 Å². The summed E-state index contributed by atoms with van der Waals surface area (Å²) in [4.78, 5) is 0. The van der Waals surface area contributed by atoms with Gasteiger partial charge in [-0.05, 0) is 101 Å². The Morgan fingerprint density at radius 2 is 1.16 bits per heavy atom. The SMILES string of the molecule is Cc1ccc2c(c1)C(C)(C)c1c3c(c4cc(F)ccc4c1-2)OC(c1ccc(Oc2ccccc2)cc1)(c1ccc(Oc2ccccc2)cc1)C=C3. The van der Waals surface area contributed by atoms with Crippen molar-refractivity contribution in [3.8, 4) is 39.9 Å². The van der Waals surface area contributed by atoms with Crippen molar-refractivity contribution in [3.63, 3.8) is 0 Å². The first-order valence-corrected chi connectivity index (χ1v) is 17.3. The highest BCUT2D eigenvalue weighted by atomic mass is 19.1. The molecule has 0 spiro atoms. The van der Waals surface area contributed by atoms with E-state index >= 15 is 4.39 Å². The van der Waals surface area contributed by atoms with Crippen molar-refractivity contribution in [2.45, 2.75) is 31.8 Å². The Morgan fingerprint density at radius 3 is 1.75 bits per heavy atom. The van der Waals surface area contributed by atoms with E-state index in [-0.39, 0.29) is 11.2 Å². The van der Waals surface area contributed by atoms with Crippen LogP contribution in [0, 0.1) is 12.7 Å². The molecule has 0 amide bonds. The van der Waals surface area contributed by atoms with E-state index < -0.39 is 5.60 Å². The average molecular weight is 667 g/mol. The number of halogens is 1. The number of fused-ring (bicyclic) bond motifs is 8. The van der Waals surface area contributed by atoms with Gasteiger partial charge >= 0.3 is 0 Å². The fourth-order valence-electron chi connectivity index (χ4n) is 7.84. The van der Waals surface area contributed by atoms with E-state index in [4.69, 9.17) is 14.2 Å². The minimum absolute atomic E-state index is 0.302. The van der Waals surface area contributed by atoms with Gasteiger partial charge in [-0.1, -0.05) is 110 Å². The van der Waals surface area contributed by atoms with Gasteiger partial charge in [-0.3, -0.25) is 0 Å². The average Bonchev–Trinajstić information content (AvgIpc) is 3.38. The smallest absolute Gasteiger partial charge is 0.178 e. The zero-order valence-electron chi connectivity index (χ0n) is 28.6. The summed E-state index contributed by atoms with van der Waals surface area (Å²) in [6, 6.07) is 47.2. The third-order valence-corrected chi connectivity index (χ3v) is 10.3. The first kappa shape index (κ1) is 30.9. The van der Waals surface area contributed by atoms with Crippen LogP contribution in [0.2, 0.25) is 0 Å². The van der Waals surface area contributed by atoms with Gasteiger partial charge in [-0.15, -0.1) is 0 Å². The van der Waals surface area contributed by atoms with Crippen LogP contribution in [0.25, 0.3) is 28.0 Å². The van der Waals surface area contributed by atoms with Crippen LogP contribution in [0.1, 0.15) is 47.2 Å². The minimum atomic E-state index is -1.04. The third-order valence-electron chi connectivity index (χ3n) is 10.3. The molecule has 1 aliphatic heterocycles. The van der Waals surface area contributed by atoms with E-state index in [0.29, 0.717) is 17.2 Å². The number of hydrogen-bond donors (Lipinski definition) is 0. The lowest BCUT2D eigenvalue weighted by Gasteiger charge is -2.38. The summed E-state index contributed by atoms with van der Waals surface area (Å²) in [6.45, 7) is 6.69. The maximum absolute atomic E-state index is 15.2. The van der Waals surface area contributed by atoms with Gasteiger partial charge in [0.1, 0.15) is 34.6 Å². The molecule has 0 bridgehead atoms. The summed E-state index contributed by atoms with van der Waals surface area (Å²) in [5.74, 6) is 3.31. The molecule has 0 N–H and O–H groups in total. The van der Waals surface area contributed by atoms with Crippen LogP contribution in [0.3, 0.4) is 0 Å². The van der Waals surface area contributed by atoms with Gasteiger partial charge in [0.2, 0.25) is 0 Å². The summed E-state index contributed by atoms with van der Waals surface area (Å²) in [5.41, 5.74) is 7.46. The van der Waals surface area contributed by atoms with Gasteiger partial charge in [0.25, 0.3) is 0 Å². The summed E-state index contributed by atoms with van der Waals surface area (Å²) in [5, 5.41) is 1.72. The lowest BCUT2D eigenvalue weighted by Crippen LogP contribution is -2.35. The monoisotopic (exact) mass is 666 g/mol. The molecule has 0 saturated carbocycles. The summed E-state index contributed by atoms with van der Waals surface area (Å²) in [6.07, 6.45) is 4.33. The van der Waals surface area contributed by atoms with Gasteiger partial charge < -0.3 is 14.2 Å². The van der Waals surface area contributed by atoms with Crippen LogP contribution in [-0.4, -0.2) is 0 Å². The molecule has 9 rings (SSSR count). The molecule has 0 radical (unpaired) electrons. The molecule has 2 aliphatic rings. The molecule has 51 heavy (non-hydrogen) atoms. The Kier molecular flexibility index (Phi) is 7.11. The maximum atomic E-state index is 15.2. The number of benzene rings is 7. The first-order chi connectivity index (χ1) is 24.8. The van der Waals surface area contributed by atoms with Crippen molar-refractivity contribution in [2.24, 2.45) is 0 Å². The van der Waals surface area contributed by atoms with E-state index in [2.05, 4.69) is 51.1 Å². The lowest BCUT2D eigenvalue weighted by molar-refractivity contribution is 0.163. The van der Waals surface area contributed by atoms with Gasteiger partial charge in [0.15, 0.2) is 5.60 Å². The molecule has 1 aliphatic carbocycles. The number of para-hydroxylation sites is 2. The van der Waals surface area contributed by atoms with Crippen LogP contribution in [0.4, 0.5) is 4.39 Å². The number of ether oxygens (including phenoxy) is 3. The maximum Gasteiger partial charge on any atom is 0.178 e. The highest BCUT2D eigenvalue weighted by molar-refractivity contribution is 6.08. The second-order valence-electron chi connectivity index (χ2n) is 13.9. The van der Waals surface area contributed by atoms with Gasteiger partial charge in [0, 0.05) is 27.5 Å². The molecule has 0 unspecified atom stereocenters. The molecule has 0 fully saturated rings. The van der Waals surface area contributed by atoms with E-state index in [1.807, 2.05) is 115 Å². The van der Waals surface area contributed by atoms with E-state index in [1.165, 1.54) is 22.3 Å². The summed E-state index contributed by atoms with van der Waals surface area (Å²) < 4.78 is 34.9. The zero-order chi connectivity index (χ0) is 34.7. The Balaban J connectivity index is 1.22. The van der Waals surface area contributed by atoms with Gasteiger partial charge in [-0.2, -0.15) is 0 Å². The van der Waals surface area contributed by atoms with E-state index in [0.717, 1.165) is 44.5 Å². The summed E-state index contributed by atoms with van der Waals surface area (Å²) in [7, 11) is 0. The quantitative estimate of drug-likeness (QED) is 0.177. The largest absolute Gasteiger partial charge is 0.472 e. The highest BCUT2D eigenvalue weighted by Gasteiger charge is 2.44. The van der Waals surface area contributed by atoms with Gasteiger partial charge in [0.05, 0.1) is 0 Å². The van der Waals surface area contributed by atoms with Crippen LogP contribution in [0.5, 0.6) is 28.7 Å². The molecular weight excluding hydrogens is 632 g/mol. The topological polar surface area (TPSA) is 27.7 Å². The van der Waals surface area contributed by atoms with Crippen LogP contribution < -0.4 is 14.2 Å². The van der Waals surface area contributed by atoms with Gasteiger partial charge in [-0.25, -0.2) is 4.39 Å². The van der Waals surface area contributed by atoms with Crippen molar-refractivity contribution < 1.29 is 18.6 Å².